The highest BCUT2D eigenvalue weighted by atomic mass is 16.5. The van der Waals surface area contributed by atoms with Crippen LogP contribution in [-0.4, -0.2) is 43.9 Å². The molecule has 1 rings (SSSR count). The SMILES string of the molecule is COC1=C(OC)C(O)C(C/C=C(\C)CC/C=C(\C)CCCC(C)(C)OC)CC1=O. The van der Waals surface area contributed by atoms with Gasteiger partial charge in [0.15, 0.2) is 5.76 Å². The molecule has 0 aliphatic heterocycles. The molecule has 5 nitrogen and oxygen atoms in total. The van der Waals surface area contributed by atoms with E-state index in [0.29, 0.717) is 6.42 Å². The second kappa shape index (κ2) is 12.2. The van der Waals surface area contributed by atoms with Crippen LogP contribution in [0.1, 0.15) is 72.6 Å². The Hall–Kier alpha value is -1.59. The molecule has 0 radical (unpaired) electrons. The Kier molecular flexibility index (Phi) is 10.7. The molecule has 0 aromatic heterocycles. The van der Waals surface area contributed by atoms with Crippen LogP contribution in [0.4, 0.5) is 0 Å². The molecule has 0 aromatic rings. The standard InChI is InChI=1S/C24H40O5/c1-17(12-9-15-24(3,4)29-7)10-8-11-18(2)13-14-19-16-20(25)22(27-5)23(28-6)21(19)26/h10,13,19,21,26H,8-9,11-12,14-16H2,1-7H3/b17-10+,18-13+. The largest absolute Gasteiger partial charge is 0.494 e. The number of hydrogen-bond acceptors (Lipinski definition) is 5. The maximum atomic E-state index is 12.2. The molecule has 0 saturated carbocycles. The minimum absolute atomic E-state index is 0.0490. The number of rotatable bonds is 12. The van der Waals surface area contributed by atoms with E-state index in [0.717, 1.165) is 32.1 Å². The predicted molar refractivity (Wildman–Crippen MR) is 116 cm³/mol. The minimum Gasteiger partial charge on any atom is -0.494 e. The lowest BCUT2D eigenvalue weighted by molar-refractivity contribution is -0.123. The number of hydrogen-bond donors (Lipinski definition) is 1. The summed E-state index contributed by atoms with van der Waals surface area (Å²) in [5.74, 6) is 0.107. The lowest BCUT2D eigenvalue weighted by atomic mass is 9.85. The molecular weight excluding hydrogens is 368 g/mol. The Balaban J connectivity index is 2.48. The molecule has 29 heavy (non-hydrogen) atoms. The molecule has 0 aromatic carbocycles. The fourth-order valence-electron chi connectivity index (χ4n) is 3.57. The lowest BCUT2D eigenvalue weighted by Crippen LogP contribution is -2.33. The topological polar surface area (TPSA) is 65.0 Å². The molecule has 2 atom stereocenters. The van der Waals surface area contributed by atoms with Gasteiger partial charge in [0, 0.05) is 19.4 Å². The Morgan fingerprint density at radius 3 is 2.34 bits per heavy atom. The summed E-state index contributed by atoms with van der Waals surface area (Å²) in [6.07, 6.45) is 9.83. The highest BCUT2D eigenvalue weighted by Crippen LogP contribution is 2.31. The van der Waals surface area contributed by atoms with Crippen molar-refractivity contribution in [2.75, 3.05) is 21.3 Å². The van der Waals surface area contributed by atoms with Crippen LogP contribution < -0.4 is 0 Å². The Bertz CT molecular complexity index is 627. The van der Waals surface area contributed by atoms with Crippen molar-refractivity contribution in [3.8, 4) is 0 Å². The third-order valence-electron chi connectivity index (χ3n) is 5.77. The van der Waals surface area contributed by atoms with Crippen LogP contribution in [0.15, 0.2) is 34.8 Å². The molecule has 0 bridgehead atoms. The van der Waals surface area contributed by atoms with Gasteiger partial charge in [-0.2, -0.15) is 0 Å². The maximum absolute atomic E-state index is 12.2. The van der Waals surface area contributed by atoms with Gasteiger partial charge in [-0.3, -0.25) is 4.79 Å². The van der Waals surface area contributed by atoms with Crippen molar-refractivity contribution in [3.63, 3.8) is 0 Å². The zero-order valence-electron chi connectivity index (χ0n) is 19.3. The Morgan fingerprint density at radius 1 is 1.10 bits per heavy atom. The number of ketones is 1. The second-order valence-corrected chi connectivity index (χ2v) is 8.63. The second-order valence-electron chi connectivity index (χ2n) is 8.63. The molecular formula is C24H40O5. The van der Waals surface area contributed by atoms with Gasteiger partial charge < -0.3 is 19.3 Å². The first kappa shape index (κ1) is 25.4. The van der Waals surface area contributed by atoms with E-state index in [2.05, 4.69) is 39.8 Å². The number of methoxy groups -OCH3 is 3. The molecule has 0 saturated heterocycles. The van der Waals surface area contributed by atoms with E-state index in [1.807, 2.05) is 0 Å². The molecule has 0 spiro atoms. The van der Waals surface area contributed by atoms with Crippen LogP contribution in [0.5, 0.6) is 0 Å². The van der Waals surface area contributed by atoms with E-state index in [1.54, 1.807) is 7.11 Å². The summed E-state index contributed by atoms with van der Waals surface area (Å²) in [5, 5.41) is 10.5. The molecule has 1 N–H and O–H groups in total. The van der Waals surface area contributed by atoms with Crippen LogP contribution in [0.25, 0.3) is 0 Å². The third kappa shape index (κ3) is 8.35. The fourth-order valence-corrected chi connectivity index (χ4v) is 3.57. The van der Waals surface area contributed by atoms with Gasteiger partial charge in [-0.1, -0.05) is 23.3 Å². The normalized spacial score (nSPS) is 21.6. The number of aliphatic hydroxyl groups excluding tert-OH is 1. The summed E-state index contributed by atoms with van der Waals surface area (Å²) in [7, 11) is 4.65. The van der Waals surface area contributed by atoms with E-state index in [9.17, 15) is 9.90 Å². The van der Waals surface area contributed by atoms with Gasteiger partial charge >= 0.3 is 0 Å². The minimum atomic E-state index is -0.810. The Labute approximate surface area is 176 Å². The molecule has 0 heterocycles. The highest BCUT2D eigenvalue weighted by Gasteiger charge is 2.36. The third-order valence-corrected chi connectivity index (χ3v) is 5.77. The average molecular weight is 409 g/mol. The quantitative estimate of drug-likeness (QED) is 0.455. The van der Waals surface area contributed by atoms with Crippen LogP contribution >= 0.6 is 0 Å². The first-order valence-electron chi connectivity index (χ1n) is 10.5. The van der Waals surface area contributed by atoms with E-state index in [4.69, 9.17) is 14.2 Å². The van der Waals surface area contributed by atoms with E-state index < -0.39 is 6.10 Å². The summed E-state index contributed by atoms with van der Waals surface area (Å²) < 4.78 is 15.8. The summed E-state index contributed by atoms with van der Waals surface area (Å²) in [6.45, 7) is 8.54. The summed E-state index contributed by atoms with van der Waals surface area (Å²) in [4.78, 5) is 12.2. The lowest BCUT2D eigenvalue weighted by Gasteiger charge is -2.29. The first-order valence-corrected chi connectivity index (χ1v) is 10.5. The van der Waals surface area contributed by atoms with Crippen molar-refractivity contribution >= 4 is 5.78 Å². The summed E-state index contributed by atoms with van der Waals surface area (Å²) >= 11 is 0. The molecule has 2 unspecified atom stereocenters. The predicted octanol–water partition coefficient (Wildman–Crippen LogP) is 5.10. The zero-order valence-corrected chi connectivity index (χ0v) is 19.3. The fraction of sp³-hybridized carbons (Fsp3) is 0.708. The first-order chi connectivity index (χ1) is 13.6. The highest BCUT2D eigenvalue weighted by molar-refractivity contribution is 5.95. The molecule has 166 valence electrons. The van der Waals surface area contributed by atoms with Crippen molar-refractivity contribution in [1.29, 1.82) is 0 Å². The van der Waals surface area contributed by atoms with Gasteiger partial charge in [-0.15, -0.1) is 0 Å². The van der Waals surface area contributed by atoms with Crippen molar-refractivity contribution in [2.24, 2.45) is 5.92 Å². The van der Waals surface area contributed by atoms with E-state index >= 15 is 0 Å². The average Bonchev–Trinajstić information content (AvgIpc) is 2.67. The van der Waals surface area contributed by atoms with Gasteiger partial charge in [0.2, 0.25) is 11.5 Å². The summed E-state index contributed by atoms with van der Waals surface area (Å²) in [5.41, 5.74) is 2.64. The monoisotopic (exact) mass is 408 g/mol. The maximum Gasteiger partial charge on any atom is 0.202 e. The van der Waals surface area contributed by atoms with Crippen molar-refractivity contribution in [2.45, 2.75) is 84.3 Å². The van der Waals surface area contributed by atoms with Crippen LogP contribution in [0.3, 0.4) is 0 Å². The molecule has 1 aliphatic carbocycles. The van der Waals surface area contributed by atoms with Crippen molar-refractivity contribution < 1.29 is 24.1 Å². The van der Waals surface area contributed by atoms with Gasteiger partial charge in [0.25, 0.3) is 0 Å². The van der Waals surface area contributed by atoms with E-state index in [-0.39, 0.29) is 35.2 Å². The van der Waals surface area contributed by atoms with Gasteiger partial charge in [0.1, 0.15) is 6.10 Å². The molecule has 0 fully saturated rings. The van der Waals surface area contributed by atoms with Gasteiger partial charge in [-0.25, -0.2) is 0 Å². The number of Topliss-reactive ketones (excluding diaryl/α,β-unsaturated/α-hetero) is 1. The number of aliphatic hydroxyl groups is 1. The van der Waals surface area contributed by atoms with Crippen molar-refractivity contribution in [1.82, 2.24) is 0 Å². The molecule has 1 aliphatic rings. The zero-order chi connectivity index (χ0) is 22.0. The number of allylic oxidation sites excluding steroid dienone is 5. The van der Waals surface area contributed by atoms with Crippen LogP contribution in [0.2, 0.25) is 0 Å². The number of ether oxygens (including phenoxy) is 3. The number of carbonyl (C=O) groups excluding carboxylic acids is 1. The van der Waals surface area contributed by atoms with Crippen molar-refractivity contribution in [3.05, 3.63) is 34.8 Å². The van der Waals surface area contributed by atoms with Gasteiger partial charge in [-0.05, 0) is 66.2 Å². The summed E-state index contributed by atoms with van der Waals surface area (Å²) in [6, 6.07) is 0. The van der Waals surface area contributed by atoms with Crippen LogP contribution in [0, 0.1) is 5.92 Å². The smallest absolute Gasteiger partial charge is 0.202 e. The molecule has 5 heteroatoms. The van der Waals surface area contributed by atoms with Gasteiger partial charge in [0.05, 0.1) is 19.8 Å². The number of carbonyl (C=O) groups is 1. The Morgan fingerprint density at radius 2 is 1.76 bits per heavy atom. The molecule has 0 amide bonds. The van der Waals surface area contributed by atoms with Crippen LogP contribution in [-0.2, 0) is 19.0 Å². The van der Waals surface area contributed by atoms with E-state index in [1.165, 1.54) is 25.4 Å².